The molecule has 150 valence electrons. The summed E-state index contributed by atoms with van der Waals surface area (Å²) >= 11 is 0. The largest absolute Gasteiger partial charge is 0.488 e. The molecule has 0 bridgehead atoms. The van der Waals surface area contributed by atoms with E-state index < -0.39 is 5.82 Å². The minimum atomic E-state index is -0.424. The lowest BCUT2D eigenvalue weighted by Crippen LogP contribution is -2.26. The Kier molecular flexibility index (Phi) is 5.53. The highest BCUT2D eigenvalue weighted by Gasteiger charge is 2.20. The van der Waals surface area contributed by atoms with E-state index in [-0.39, 0.29) is 12.0 Å². The highest BCUT2D eigenvalue weighted by molar-refractivity contribution is 6.05. The standard InChI is InChI=1S/C21H21FN4O3/c1-14-18(13-24-26(14)16-4-8-23-9-5-16)21(27)25-19-3-2-15(22)12-20(19)29-17-6-10-28-11-7-17/h2-5,8-9,12-13,17H,6-7,10-11H2,1H3,(H,25,27). The van der Waals surface area contributed by atoms with Crippen molar-refractivity contribution in [2.24, 2.45) is 0 Å². The second-order valence-corrected chi connectivity index (χ2v) is 6.79. The number of nitrogens with one attached hydrogen (secondary N) is 1. The maximum Gasteiger partial charge on any atom is 0.259 e. The first kappa shape index (κ1) is 19.1. The van der Waals surface area contributed by atoms with Crippen LogP contribution < -0.4 is 10.1 Å². The van der Waals surface area contributed by atoms with Crippen LogP contribution in [0.5, 0.6) is 5.75 Å². The van der Waals surface area contributed by atoms with Crippen molar-refractivity contribution >= 4 is 11.6 Å². The number of ether oxygens (including phenoxy) is 2. The first-order valence-electron chi connectivity index (χ1n) is 9.42. The third-order valence-electron chi connectivity index (χ3n) is 4.82. The van der Waals surface area contributed by atoms with Crippen LogP contribution in [0.4, 0.5) is 10.1 Å². The highest BCUT2D eigenvalue weighted by atomic mass is 19.1. The van der Waals surface area contributed by atoms with Crippen LogP contribution in [0.25, 0.3) is 5.69 Å². The molecule has 1 amide bonds. The quantitative estimate of drug-likeness (QED) is 0.714. The van der Waals surface area contributed by atoms with Crippen molar-refractivity contribution in [1.29, 1.82) is 0 Å². The van der Waals surface area contributed by atoms with Crippen LogP contribution >= 0.6 is 0 Å². The van der Waals surface area contributed by atoms with Crippen LogP contribution in [0.2, 0.25) is 0 Å². The van der Waals surface area contributed by atoms with Crippen LogP contribution in [0.1, 0.15) is 28.9 Å². The topological polar surface area (TPSA) is 78.3 Å². The summed E-state index contributed by atoms with van der Waals surface area (Å²) in [6, 6.07) is 7.70. The van der Waals surface area contributed by atoms with Gasteiger partial charge in [0.1, 0.15) is 17.7 Å². The van der Waals surface area contributed by atoms with Crippen molar-refractivity contribution in [3.8, 4) is 11.4 Å². The molecule has 7 nitrogen and oxygen atoms in total. The Morgan fingerprint density at radius 2 is 2.00 bits per heavy atom. The normalized spacial score (nSPS) is 14.6. The number of anilines is 1. The molecule has 1 aromatic carbocycles. The molecular weight excluding hydrogens is 375 g/mol. The molecule has 0 unspecified atom stereocenters. The van der Waals surface area contributed by atoms with Crippen molar-refractivity contribution in [2.75, 3.05) is 18.5 Å². The minimum absolute atomic E-state index is 0.0719. The van der Waals surface area contributed by atoms with E-state index in [9.17, 15) is 9.18 Å². The number of hydrogen-bond donors (Lipinski definition) is 1. The molecule has 2 aromatic heterocycles. The monoisotopic (exact) mass is 396 g/mol. The third kappa shape index (κ3) is 4.27. The molecular formula is C21H21FN4O3. The fourth-order valence-corrected chi connectivity index (χ4v) is 3.24. The zero-order valence-corrected chi connectivity index (χ0v) is 16.0. The first-order valence-corrected chi connectivity index (χ1v) is 9.42. The maximum atomic E-state index is 13.8. The number of nitrogens with zero attached hydrogens (tertiary/aromatic N) is 3. The minimum Gasteiger partial charge on any atom is -0.488 e. The lowest BCUT2D eigenvalue weighted by atomic mass is 10.1. The number of pyridine rings is 1. The Balaban J connectivity index is 1.55. The second kappa shape index (κ2) is 8.40. The molecule has 29 heavy (non-hydrogen) atoms. The first-order chi connectivity index (χ1) is 14.1. The van der Waals surface area contributed by atoms with Crippen molar-refractivity contribution < 1.29 is 18.7 Å². The van der Waals surface area contributed by atoms with Crippen LogP contribution in [0.3, 0.4) is 0 Å². The van der Waals surface area contributed by atoms with Gasteiger partial charge in [0, 0.05) is 31.3 Å². The summed E-state index contributed by atoms with van der Waals surface area (Å²) in [4.78, 5) is 16.9. The van der Waals surface area contributed by atoms with E-state index in [4.69, 9.17) is 9.47 Å². The van der Waals surface area contributed by atoms with Gasteiger partial charge in [-0.05, 0) is 31.2 Å². The number of halogens is 1. The van der Waals surface area contributed by atoms with Gasteiger partial charge in [0.15, 0.2) is 0 Å². The zero-order valence-electron chi connectivity index (χ0n) is 16.0. The number of rotatable bonds is 5. The molecule has 1 saturated heterocycles. The molecule has 0 atom stereocenters. The smallest absolute Gasteiger partial charge is 0.259 e. The van der Waals surface area contributed by atoms with Gasteiger partial charge in [-0.15, -0.1) is 0 Å². The lowest BCUT2D eigenvalue weighted by Gasteiger charge is -2.24. The summed E-state index contributed by atoms with van der Waals surface area (Å²) < 4.78 is 26.7. The van der Waals surface area contributed by atoms with Crippen molar-refractivity contribution in [3.63, 3.8) is 0 Å². The third-order valence-corrected chi connectivity index (χ3v) is 4.82. The molecule has 0 spiro atoms. The van der Waals surface area contributed by atoms with Crippen LogP contribution in [0.15, 0.2) is 48.9 Å². The molecule has 3 heterocycles. The van der Waals surface area contributed by atoms with Crippen LogP contribution in [-0.2, 0) is 4.74 Å². The van der Waals surface area contributed by atoms with Gasteiger partial charge in [-0.2, -0.15) is 5.10 Å². The summed E-state index contributed by atoms with van der Waals surface area (Å²) in [5.74, 6) is -0.456. The van der Waals surface area contributed by atoms with Gasteiger partial charge >= 0.3 is 0 Å². The van der Waals surface area contributed by atoms with Crippen LogP contribution in [-0.4, -0.2) is 40.0 Å². The predicted octanol–water partition coefficient (Wildman–Crippen LogP) is 3.52. The van der Waals surface area contributed by atoms with E-state index in [1.165, 1.54) is 24.4 Å². The number of carbonyl (C=O) groups is 1. The van der Waals surface area contributed by atoms with Gasteiger partial charge < -0.3 is 14.8 Å². The van der Waals surface area contributed by atoms with Gasteiger partial charge in [0.05, 0.1) is 42.0 Å². The average Bonchev–Trinajstić information content (AvgIpc) is 3.13. The van der Waals surface area contributed by atoms with E-state index in [1.54, 1.807) is 17.1 Å². The Hall–Kier alpha value is -3.26. The molecule has 3 aromatic rings. The summed E-state index contributed by atoms with van der Waals surface area (Å²) in [6.07, 6.45) is 6.21. The molecule has 1 fully saturated rings. The molecule has 8 heteroatoms. The van der Waals surface area contributed by atoms with E-state index in [0.29, 0.717) is 35.9 Å². The number of aromatic nitrogens is 3. The predicted molar refractivity (Wildman–Crippen MR) is 105 cm³/mol. The SMILES string of the molecule is Cc1c(C(=O)Nc2ccc(F)cc2OC2CCOCC2)cnn1-c1ccncc1. The summed E-state index contributed by atoms with van der Waals surface area (Å²) in [5.41, 5.74) is 2.33. The van der Waals surface area contributed by atoms with Gasteiger partial charge in [0.2, 0.25) is 0 Å². The van der Waals surface area contributed by atoms with E-state index in [1.807, 2.05) is 19.1 Å². The Morgan fingerprint density at radius 1 is 1.24 bits per heavy atom. The fourth-order valence-electron chi connectivity index (χ4n) is 3.24. The van der Waals surface area contributed by atoms with E-state index >= 15 is 0 Å². The summed E-state index contributed by atoms with van der Waals surface area (Å²) in [7, 11) is 0. The molecule has 0 saturated carbocycles. The average molecular weight is 396 g/mol. The van der Waals surface area contributed by atoms with Crippen molar-refractivity contribution in [3.05, 3.63) is 66.0 Å². The number of carbonyl (C=O) groups excluding carboxylic acids is 1. The van der Waals surface area contributed by atoms with Crippen molar-refractivity contribution in [1.82, 2.24) is 14.8 Å². The van der Waals surface area contributed by atoms with E-state index in [2.05, 4.69) is 15.4 Å². The summed E-state index contributed by atoms with van der Waals surface area (Å²) in [6.45, 7) is 3.02. The lowest BCUT2D eigenvalue weighted by molar-refractivity contribution is 0.0257. The van der Waals surface area contributed by atoms with Gasteiger partial charge in [0.25, 0.3) is 5.91 Å². The number of benzene rings is 1. The Labute approximate surface area is 167 Å². The van der Waals surface area contributed by atoms with Gasteiger partial charge in [-0.1, -0.05) is 0 Å². The maximum absolute atomic E-state index is 13.8. The Bertz CT molecular complexity index is 1000. The molecule has 4 rings (SSSR count). The van der Waals surface area contributed by atoms with Crippen LogP contribution in [0, 0.1) is 12.7 Å². The van der Waals surface area contributed by atoms with Gasteiger partial charge in [-0.3, -0.25) is 9.78 Å². The number of amides is 1. The highest BCUT2D eigenvalue weighted by Crippen LogP contribution is 2.29. The van der Waals surface area contributed by atoms with Crippen molar-refractivity contribution in [2.45, 2.75) is 25.9 Å². The second-order valence-electron chi connectivity index (χ2n) is 6.79. The molecule has 0 radical (unpaired) electrons. The molecule has 1 aliphatic heterocycles. The van der Waals surface area contributed by atoms with E-state index in [0.717, 1.165) is 18.5 Å². The Morgan fingerprint density at radius 3 is 2.76 bits per heavy atom. The zero-order chi connectivity index (χ0) is 20.2. The molecule has 1 aliphatic rings. The fraction of sp³-hybridized carbons (Fsp3) is 0.286. The summed E-state index contributed by atoms with van der Waals surface area (Å²) in [5, 5.41) is 7.12. The number of hydrogen-bond acceptors (Lipinski definition) is 5. The molecule has 0 aliphatic carbocycles. The van der Waals surface area contributed by atoms with Gasteiger partial charge in [-0.25, -0.2) is 9.07 Å². The molecule has 1 N–H and O–H groups in total.